The molecule has 2 aromatic rings. The molecule has 120 valence electrons. The Morgan fingerprint density at radius 3 is 2.52 bits per heavy atom. The molecule has 2 rings (SSSR count). The van der Waals surface area contributed by atoms with Gasteiger partial charge in [-0.3, -0.25) is 9.59 Å². The molecule has 0 fully saturated rings. The Morgan fingerprint density at radius 1 is 1.00 bits per heavy atom. The van der Waals surface area contributed by atoms with Gasteiger partial charge >= 0.3 is 5.97 Å². The molecular formula is C18H19NO4. The predicted molar refractivity (Wildman–Crippen MR) is 86.4 cm³/mol. The van der Waals surface area contributed by atoms with Crippen LogP contribution in [0.5, 0.6) is 5.75 Å². The van der Waals surface area contributed by atoms with Gasteiger partial charge in [0, 0.05) is 5.56 Å². The Morgan fingerprint density at radius 2 is 1.78 bits per heavy atom. The van der Waals surface area contributed by atoms with E-state index in [0.717, 1.165) is 11.3 Å². The fourth-order valence-electron chi connectivity index (χ4n) is 1.92. The van der Waals surface area contributed by atoms with Crippen molar-refractivity contribution >= 4 is 11.9 Å². The van der Waals surface area contributed by atoms with E-state index < -0.39 is 5.97 Å². The van der Waals surface area contributed by atoms with Crippen molar-refractivity contribution in [3.05, 3.63) is 65.7 Å². The molecule has 0 radical (unpaired) electrons. The van der Waals surface area contributed by atoms with E-state index in [9.17, 15) is 9.59 Å². The van der Waals surface area contributed by atoms with Crippen LogP contribution in [-0.2, 0) is 9.53 Å². The van der Waals surface area contributed by atoms with Crippen LogP contribution in [0.4, 0.5) is 0 Å². The number of carbonyl (C=O) groups is 2. The highest BCUT2D eigenvalue weighted by molar-refractivity contribution is 5.95. The Balaban J connectivity index is 1.63. The zero-order valence-electron chi connectivity index (χ0n) is 13.0. The van der Waals surface area contributed by atoms with Crippen LogP contribution < -0.4 is 10.1 Å². The Bertz CT molecular complexity index is 655. The largest absolute Gasteiger partial charge is 0.490 e. The molecular weight excluding hydrogens is 294 g/mol. The van der Waals surface area contributed by atoms with E-state index in [1.54, 1.807) is 24.3 Å². The molecule has 2 aromatic carbocycles. The topological polar surface area (TPSA) is 64.6 Å². The van der Waals surface area contributed by atoms with E-state index in [1.165, 1.54) is 0 Å². The van der Waals surface area contributed by atoms with Gasteiger partial charge in [0.1, 0.15) is 25.5 Å². The standard InChI is InChI=1S/C18H19NO4/c1-14-6-5-9-16(12-14)22-10-11-23-17(20)13-19-18(21)15-7-3-2-4-8-15/h2-9,12H,10-11,13H2,1H3,(H,19,21). The summed E-state index contributed by atoms with van der Waals surface area (Å²) in [5.74, 6) is -0.0703. The number of ether oxygens (including phenoxy) is 2. The van der Waals surface area contributed by atoms with Crippen LogP contribution >= 0.6 is 0 Å². The van der Waals surface area contributed by atoms with Crippen molar-refractivity contribution in [2.45, 2.75) is 6.92 Å². The molecule has 0 spiro atoms. The summed E-state index contributed by atoms with van der Waals surface area (Å²) < 4.78 is 10.5. The molecule has 0 aliphatic heterocycles. The number of nitrogens with one attached hydrogen (secondary N) is 1. The van der Waals surface area contributed by atoms with E-state index in [1.807, 2.05) is 37.3 Å². The van der Waals surface area contributed by atoms with Crippen LogP contribution in [0.15, 0.2) is 54.6 Å². The normalized spacial score (nSPS) is 9.96. The molecule has 1 amide bonds. The zero-order chi connectivity index (χ0) is 16.5. The van der Waals surface area contributed by atoms with Crippen molar-refractivity contribution < 1.29 is 19.1 Å². The first-order chi connectivity index (χ1) is 11.1. The third-order valence-corrected chi connectivity index (χ3v) is 3.03. The second-order valence-corrected chi connectivity index (χ2v) is 4.93. The molecule has 0 aliphatic rings. The van der Waals surface area contributed by atoms with Crippen molar-refractivity contribution in [1.82, 2.24) is 5.32 Å². The highest BCUT2D eigenvalue weighted by atomic mass is 16.6. The van der Waals surface area contributed by atoms with Crippen molar-refractivity contribution in [2.24, 2.45) is 0 Å². The van der Waals surface area contributed by atoms with Gasteiger partial charge in [0.2, 0.25) is 0 Å². The molecule has 0 saturated heterocycles. The smallest absolute Gasteiger partial charge is 0.325 e. The van der Waals surface area contributed by atoms with E-state index in [-0.39, 0.29) is 25.7 Å². The maximum absolute atomic E-state index is 11.8. The van der Waals surface area contributed by atoms with Crippen molar-refractivity contribution in [3.63, 3.8) is 0 Å². The molecule has 1 N–H and O–H groups in total. The van der Waals surface area contributed by atoms with Crippen molar-refractivity contribution in [1.29, 1.82) is 0 Å². The van der Waals surface area contributed by atoms with Gasteiger partial charge in [0.25, 0.3) is 5.91 Å². The van der Waals surface area contributed by atoms with E-state index in [4.69, 9.17) is 9.47 Å². The molecule has 0 aliphatic carbocycles. The van der Waals surface area contributed by atoms with Gasteiger partial charge in [-0.25, -0.2) is 0 Å². The van der Waals surface area contributed by atoms with Crippen LogP contribution in [0, 0.1) is 6.92 Å². The highest BCUT2D eigenvalue weighted by Gasteiger charge is 2.08. The Labute approximate surface area is 135 Å². The van der Waals surface area contributed by atoms with E-state index in [2.05, 4.69) is 5.32 Å². The molecule has 5 nitrogen and oxygen atoms in total. The lowest BCUT2D eigenvalue weighted by Gasteiger charge is -2.08. The number of benzene rings is 2. The lowest BCUT2D eigenvalue weighted by atomic mass is 10.2. The minimum absolute atomic E-state index is 0.133. The molecule has 0 heterocycles. The van der Waals surface area contributed by atoms with Gasteiger partial charge in [-0.15, -0.1) is 0 Å². The van der Waals surface area contributed by atoms with E-state index >= 15 is 0 Å². The highest BCUT2D eigenvalue weighted by Crippen LogP contribution is 2.11. The summed E-state index contributed by atoms with van der Waals surface area (Å²) in [5, 5.41) is 2.51. The Hall–Kier alpha value is -2.82. The zero-order valence-corrected chi connectivity index (χ0v) is 13.0. The summed E-state index contributed by atoms with van der Waals surface area (Å²) in [6.45, 7) is 2.20. The van der Waals surface area contributed by atoms with Crippen LogP contribution in [0.3, 0.4) is 0 Å². The molecule has 0 atom stereocenters. The molecule has 5 heteroatoms. The van der Waals surface area contributed by atoms with Crippen LogP contribution in [0.2, 0.25) is 0 Å². The lowest BCUT2D eigenvalue weighted by molar-refractivity contribution is -0.143. The minimum Gasteiger partial charge on any atom is -0.490 e. The number of aryl methyl sites for hydroxylation is 1. The van der Waals surface area contributed by atoms with Gasteiger partial charge in [0.15, 0.2) is 0 Å². The van der Waals surface area contributed by atoms with Crippen molar-refractivity contribution in [2.75, 3.05) is 19.8 Å². The number of carbonyl (C=O) groups excluding carboxylic acids is 2. The van der Waals surface area contributed by atoms with Crippen molar-refractivity contribution in [3.8, 4) is 5.75 Å². The summed E-state index contributed by atoms with van der Waals surface area (Å²) >= 11 is 0. The first kappa shape index (κ1) is 16.5. The summed E-state index contributed by atoms with van der Waals surface area (Å²) in [7, 11) is 0. The number of esters is 1. The fourth-order valence-corrected chi connectivity index (χ4v) is 1.92. The maximum Gasteiger partial charge on any atom is 0.325 e. The second-order valence-electron chi connectivity index (χ2n) is 4.93. The van der Waals surface area contributed by atoms with Gasteiger partial charge < -0.3 is 14.8 Å². The molecule has 23 heavy (non-hydrogen) atoms. The molecule has 0 aromatic heterocycles. The summed E-state index contributed by atoms with van der Waals surface area (Å²) in [6.07, 6.45) is 0. The number of amides is 1. The van der Waals surface area contributed by atoms with Crippen LogP contribution in [0.1, 0.15) is 15.9 Å². The first-order valence-electron chi connectivity index (χ1n) is 7.33. The average Bonchev–Trinajstić information content (AvgIpc) is 2.57. The second kappa shape index (κ2) is 8.58. The van der Waals surface area contributed by atoms with Gasteiger partial charge in [-0.1, -0.05) is 30.3 Å². The number of rotatable bonds is 7. The van der Waals surface area contributed by atoms with Crippen LogP contribution in [0.25, 0.3) is 0 Å². The summed E-state index contributed by atoms with van der Waals surface area (Å²) in [6, 6.07) is 16.3. The first-order valence-corrected chi connectivity index (χ1v) is 7.33. The summed E-state index contributed by atoms with van der Waals surface area (Å²) in [5.41, 5.74) is 1.60. The van der Waals surface area contributed by atoms with Gasteiger partial charge in [-0.2, -0.15) is 0 Å². The van der Waals surface area contributed by atoms with Crippen LogP contribution in [-0.4, -0.2) is 31.6 Å². The third-order valence-electron chi connectivity index (χ3n) is 3.03. The van der Waals surface area contributed by atoms with E-state index in [0.29, 0.717) is 5.56 Å². The number of hydrogen-bond donors (Lipinski definition) is 1. The fraction of sp³-hybridized carbons (Fsp3) is 0.222. The third kappa shape index (κ3) is 5.82. The number of hydrogen-bond acceptors (Lipinski definition) is 4. The Kier molecular flexibility index (Phi) is 6.17. The monoisotopic (exact) mass is 313 g/mol. The van der Waals surface area contributed by atoms with Gasteiger partial charge in [-0.05, 0) is 36.8 Å². The minimum atomic E-state index is -0.498. The summed E-state index contributed by atoms with van der Waals surface area (Å²) in [4.78, 5) is 23.3. The quantitative estimate of drug-likeness (QED) is 0.629. The molecule has 0 bridgehead atoms. The maximum atomic E-state index is 11.8. The average molecular weight is 313 g/mol. The van der Waals surface area contributed by atoms with Gasteiger partial charge in [0.05, 0.1) is 0 Å². The molecule has 0 unspecified atom stereocenters. The predicted octanol–water partition coefficient (Wildman–Crippen LogP) is 2.35. The SMILES string of the molecule is Cc1cccc(OCCOC(=O)CNC(=O)c2ccccc2)c1. The lowest BCUT2D eigenvalue weighted by Crippen LogP contribution is -2.31. The molecule has 0 saturated carbocycles.